The van der Waals surface area contributed by atoms with E-state index in [1.807, 2.05) is 0 Å². The molecule has 0 aliphatic rings. The largest absolute Gasteiger partial charge is 0.508 e. The highest BCUT2D eigenvalue weighted by Gasteiger charge is 2.02. The lowest BCUT2D eigenvalue weighted by Gasteiger charge is -2.04. The fourth-order valence-corrected chi connectivity index (χ4v) is 1.21. The number of ether oxygens (including phenoxy) is 1. The van der Waals surface area contributed by atoms with Crippen LogP contribution in [0.15, 0.2) is 24.3 Å². The predicted molar refractivity (Wildman–Crippen MR) is 56.7 cm³/mol. The molecule has 2 N–H and O–H groups in total. The van der Waals surface area contributed by atoms with E-state index in [2.05, 4.69) is 5.32 Å². The number of benzene rings is 1. The summed E-state index contributed by atoms with van der Waals surface area (Å²) in [5, 5.41) is 11.9. The summed E-state index contributed by atoms with van der Waals surface area (Å²) in [4.78, 5) is 11.4. The summed E-state index contributed by atoms with van der Waals surface area (Å²) in [5.41, 5.74) is 0.796. The molecule has 0 fully saturated rings. The normalized spacial score (nSPS) is 9.93. The van der Waals surface area contributed by atoms with Crippen LogP contribution in [0.1, 0.15) is 5.56 Å². The van der Waals surface area contributed by atoms with Gasteiger partial charge in [-0.3, -0.25) is 4.79 Å². The van der Waals surface area contributed by atoms with Gasteiger partial charge >= 0.3 is 0 Å². The summed E-state index contributed by atoms with van der Waals surface area (Å²) < 4.78 is 4.81. The molecular formula is C11H15NO3. The number of carbonyl (C=O) groups excluding carboxylic acids is 1. The first-order valence-corrected chi connectivity index (χ1v) is 4.76. The molecule has 0 spiro atoms. The zero-order chi connectivity index (χ0) is 11.1. The Morgan fingerprint density at radius 3 is 3.00 bits per heavy atom. The number of hydrogen-bond acceptors (Lipinski definition) is 3. The van der Waals surface area contributed by atoms with E-state index >= 15 is 0 Å². The summed E-state index contributed by atoms with van der Waals surface area (Å²) in [6, 6.07) is 6.67. The van der Waals surface area contributed by atoms with Crippen LogP contribution in [0.2, 0.25) is 0 Å². The van der Waals surface area contributed by atoms with E-state index in [0.29, 0.717) is 13.2 Å². The van der Waals surface area contributed by atoms with Crippen LogP contribution in [-0.4, -0.2) is 31.3 Å². The molecule has 0 radical (unpaired) electrons. The Morgan fingerprint density at radius 2 is 2.33 bits per heavy atom. The van der Waals surface area contributed by atoms with Gasteiger partial charge in [-0.2, -0.15) is 0 Å². The van der Waals surface area contributed by atoms with Crippen molar-refractivity contribution in [2.24, 2.45) is 0 Å². The fourth-order valence-electron chi connectivity index (χ4n) is 1.21. The van der Waals surface area contributed by atoms with Gasteiger partial charge in [0.05, 0.1) is 13.0 Å². The average molecular weight is 209 g/mol. The molecule has 0 saturated carbocycles. The van der Waals surface area contributed by atoms with E-state index in [1.54, 1.807) is 31.4 Å². The molecule has 0 bridgehead atoms. The number of amides is 1. The highest BCUT2D eigenvalue weighted by Crippen LogP contribution is 2.10. The average Bonchev–Trinajstić information content (AvgIpc) is 2.18. The summed E-state index contributed by atoms with van der Waals surface area (Å²) in [6.45, 7) is 1.01. The lowest BCUT2D eigenvalue weighted by atomic mass is 10.1. The zero-order valence-electron chi connectivity index (χ0n) is 8.69. The molecule has 1 rings (SSSR count). The van der Waals surface area contributed by atoms with Crippen molar-refractivity contribution in [1.82, 2.24) is 5.32 Å². The lowest BCUT2D eigenvalue weighted by Crippen LogP contribution is -2.28. The van der Waals surface area contributed by atoms with Crippen molar-refractivity contribution in [3.8, 4) is 5.75 Å². The monoisotopic (exact) mass is 209 g/mol. The van der Waals surface area contributed by atoms with Crippen LogP contribution in [0.4, 0.5) is 0 Å². The molecule has 82 valence electrons. The van der Waals surface area contributed by atoms with E-state index < -0.39 is 0 Å². The minimum Gasteiger partial charge on any atom is -0.508 e. The maximum absolute atomic E-state index is 11.4. The molecule has 0 aromatic heterocycles. The van der Waals surface area contributed by atoms with Crippen LogP contribution in [-0.2, 0) is 16.0 Å². The van der Waals surface area contributed by atoms with Crippen LogP contribution in [0.3, 0.4) is 0 Å². The van der Waals surface area contributed by atoms with Crippen molar-refractivity contribution in [3.05, 3.63) is 29.8 Å². The molecule has 1 aromatic rings. The van der Waals surface area contributed by atoms with E-state index in [4.69, 9.17) is 4.74 Å². The Morgan fingerprint density at radius 1 is 1.53 bits per heavy atom. The zero-order valence-corrected chi connectivity index (χ0v) is 8.69. The van der Waals surface area contributed by atoms with Gasteiger partial charge in [-0.25, -0.2) is 0 Å². The lowest BCUT2D eigenvalue weighted by molar-refractivity contribution is -0.120. The van der Waals surface area contributed by atoms with Crippen molar-refractivity contribution >= 4 is 5.91 Å². The smallest absolute Gasteiger partial charge is 0.224 e. The van der Waals surface area contributed by atoms with Crippen molar-refractivity contribution in [2.45, 2.75) is 6.42 Å². The van der Waals surface area contributed by atoms with E-state index in [1.165, 1.54) is 0 Å². The Kier molecular flexibility index (Phi) is 4.63. The fraction of sp³-hybridized carbons (Fsp3) is 0.364. The maximum Gasteiger partial charge on any atom is 0.224 e. The quantitative estimate of drug-likeness (QED) is 0.702. The van der Waals surface area contributed by atoms with E-state index in [9.17, 15) is 9.90 Å². The summed E-state index contributed by atoms with van der Waals surface area (Å²) >= 11 is 0. The van der Waals surface area contributed by atoms with Gasteiger partial charge in [0.2, 0.25) is 5.91 Å². The second-order valence-corrected chi connectivity index (χ2v) is 3.19. The molecule has 1 amide bonds. The molecule has 0 atom stereocenters. The standard InChI is InChI=1S/C11H15NO3/c1-15-6-5-12-11(14)8-9-3-2-4-10(13)7-9/h2-4,7,13H,5-6,8H2,1H3,(H,12,14). The summed E-state index contributed by atoms with van der Waals surface area (Å²) in [6.07, 6.45) is 0.276. The first-order chi connectivity index (χ1) is 7.22. The van der Waals surface area contributed by atoms with Crippen LogP contribution < -0.4 is 5.32 Å². The number of methoxy groups -OCH3 is 1. The van der Waals surface area contributed by atoms with Crippen molar-refractivity contribution < 1.29 is 14.6 Å². The number of phenolic OH excluding ortho intramolecular Hbond substituents is 1. The van der Waals surface area contributed by atoms with Crippen molar-refractivity contribution in [1.29, 1.82) is 0 Å². The summed E-state index contributed by atoms with van der Waals surface area (Å²) in [5.74, 6) is 0.106. The number of hydrogen-bond donors (Lipinski definition) is 2. The van der Waals surface area contributed by atoms with Crippen molar-refractivity contribution in [3.63, 3.8) is 0 Å². The molecular weight excluding hydrogens is 194 g/mol. The van der Waals surface area contributed by atoms with Gasteiger partial charge in [0.1, 0.15) is 5.75 Å². The van der Waals surface area contributed by atoms with Crippen LogP contribution in [0.25, 0.3) is 0 Å². The van der Waals surface area contributed by atoms with Crippen LogP contribution in [0.5, 0.6) is 5.75 Å². The molecule has 0 heterocycles. The predicted octanol–water partition coefficient (Wildman–Crippen LogP) is 0.697. The molecule has 0 aliphatic heterocycles. The van der Waals surface area contributed by atoms with Gasteiger partial charge in [0, 0.05) is 13.7 Å². The Labute approximate surface area is 88.9 Å². The van der Waals surface area contributed by atoms with Crippen LogP contribution in [0, 0.1) is 0 Å². The third-order valence-electron chi connectivity index (χ3n) is 1.90. The number of carbonyl (C=O) groups is 1. The van der Waals surface area contributed by atoms with Crippen molar-refractivity contribution in [2.75, 3.05) is 20.3 Å². The van der Waals surface area contributed by atoms with Gasteiger partial charge in [-0.05, 0) is 17.7 Å². The third kappa shape index (κ3) is 4.46. The van der Waals surface area contributed by atoms with Gasteiger partial charge in [-0.15, -0.1) is 0 Å². The van der Waals surface area contributed by atoms with Crippen LogP contribution >= 0.6 is 0 Å². The molecule has 15 heavy (non-hydrogen) atoms. The number of aromatic hydroxyl groups is 1. The molecule has 1 aromatic carbocycles. The first kappa shape index (κ1) is 11.5. The molecule has 4 heteroatoms. The Bertz CT molecular complexity index is 325. The molecule has 4 nitrogen and oxygen atoms in total. The number of rotatable bonds is 5. The van der Waals surface area contributed by atoms with Gasteiger partial charge in [-0.1, -0.05) is 12.1 Å². The SMILES string of the molecule is COCCNC(=O)Cc1cccc(O)c1. The molecule has 0 saturated heterocycles. The number of nitrogens with one attached hydrogen (secondary N) is 1. The Balaban J connectivity index is 2.37. The topological polar surface area (TPSA) is 58.6 Å². The van der Waals surface area contributed by atoms with Gasteiger partial charge in [0.25, 0.3) is 0 Å². The van der Waals surface area contributed by atoms with E-state index in [-0.39, 0.29) is 18.1 Å². The maximum atomic E-state index is 11.4. The second kappa shape index (κ2) is 6.03. The highest BCUT2D eigenvalue weighted by molar-refractivity contribution is 5.78. The molecule has 0 unspecified atom stereocenters. The third-order valence-corrected chi connectivity index (χ3v) is 1.90. The second-order valence-electron chi connectivity index (χ2n) is 3.19. The highest BCUT2D eigenvalue weighted by atomic mass is 16.5. The first-order valence-electron chi connectivity index (χ1n) is 4.76. The molecule has 0 aliphatic carbocycles. The van der Waals surface area contributed by atoms with Gasteiger partial charge in [0.15, 0.2) is 0 Å². The minimum absolute atomic E-state index is 0.0716. The summed E-state index contributed by atoms with van der Waals surface area (Å²) in [7, 11) is 1.58. The Hall–Kier alpha value is -1.55. The minimum atomic E-state index is -0.0716. The van der Waals surface area contributed by atoms with E-state index in [0.717, 1.165) is 5.56 Å². The number of phenols is 1. The van der Waals surface area contributed by atoms with Gasteiger partial charge < -0.3 is 15.2 Å².